The van der Waals surface area contributed by atoms with Crippen LogP contribution in [0, 0.1) is 0 Å². The molecule has 0 aromatic carbocycles. The smallest absolute Gasteiger partial charge is 0.317 e. The first-order valence-electron chi connectivity index (χ1n) is 6.47. The van der Waals surface area contributed by atoms with Gasteiger partial charge in [0, 0.05) is 33.1 Å². The summed E-state index contributed by atoms with van der Waals surface area (Å²) in [5, 5.41) is 2.82. The van der Waals surface area contributed by atoms with Crippen LogP contribution in [0.3, 0.4) is 0 Å². The Bertz CT molecular complexity index is 430. The highest BCUT2D eigenvalue weighted by molar-refractivity contribution is 5.75. The van der Waals surface area contributed by atoms with E-state index in [1.54, 1.807) is 29.1 Å². The van der Waals surface area contributed by atoms with E-state index in [4.69, 9.17) is 4.42 Å². The lowest BCUT2D eigenvalue weighted by molar-refractivity contribution is -0.128. The van der Waals surface area contributed by atoms with Crippen LogP contribution in [0.1, 0.15) is 19.1 Å². The molecule has 1 aliphatic heterocycles. The minimum atomic E-state index is -0.109. The normalized spacial score (nSPS) is 16.1. The molecule has 0 saturated carbocycles. The van der Waals surface area contributed by atoms with Crippen LogP contribution < -0.4 is 5.32 Å². The van der Waals surface area contributed by atoms with Crippen molar-refractivity contribution < 1.29 is 14.0 Å². The number of carbonyl (C=O) groups is 2. The Labute approximate surface area is 112 Å². The highest BCUT2D eigenvalue weighted by atomic mass is 16.3. The van der Waals surface area contributed by atoms with Gasteiger partial charge in [-0.25, -0.2) is 4.79 Å². The molecule has 2 heterocycles. The first kappa shape index (κ1) is 13.5. The fourth-order valence-electron chi connectivity index (χ4n) is 2.12. The van der Waals surface area contributed by atoms with Gasteiger partial charge >= 0.3 is 6.03 Å². The number of nitrogens with one attached hydrogen (secondary N) is 1. The second-order valence-corrected chi connectivity index (χ2v) is 4.58. The first-order valence-corrected chi connectivity index (χ1v) is 6.47. The van der Waals surface area contributed by atoms with Crippen LogP contribution >= 0.6 is 0 Å². The topological polar surface area (TPSA) is 65.8 Å². The van der Waals surface area contributed by atoms with Gasteiger partial charge in [0.15, 0.2) is 0 Å². The minimum absolute atomic E-state index is 0.0674. The lowest BCUT2D eigenvalue weighted by Gasteiger charge is -2.21. The largest absolute Gasteiger partial charge is 0.467 e. The molecule has 1 aromatic rings. The molecule has 1 aromatic heterocycles. The van der Waals surface area contributed by atoms with Crippen molar-refractivity contribution in [2.45, 2.75) is 19.9 Å². The Balaban J connectivity index is 1.81. The Morgan fingerprint density at radius 2 is 2.00 bits per heavy atom. The number of rotatable bonds is 2. The molecule has 6 heteroatoms. The molecule has 0 aliphatic carbocycles. The summed E-state index contributed by atoms with van der Waals surface area (Å²) < 4.78 is 5.16. The van der Waals surface area contributed by atoms with Gasteiger partial charge in [0.1, 0.15) is 5.76 Å². The summed E-state index contributed by atoms with van der Waals surface area (Å²) in [6.45, 7) is 4.52. The number of nitrogens with zero attached hydrogens (tertiary/aromatic N) is 2. The van der Waals surface area contributed by atoms with Gasteiger partial charge in [-0.05, 0) is 18.6 Å². The van der Waals surface area contributed by atoms with E-state index >= 15 is 0 Å². The summed E-state index contributed by atoms with van der Waals surface area (Å²) in [6.07, 6.45) is 2.39. The molecule has 1 saturated heterocycles. The Hall–Kier alpha value is -1.98. The Morgan fingerprint density at radius 1 is 1.26 bits per heavy atom. The standard InChI is InChI=1S/C13H19N3O3/c1-11(17)15-5-3-6-16(8-7-15)13(18)14-10-12-4-2-9-19-12/h2,4,9H,3,5-8,10H2,1H3,(H,14,18). The number of urea groups is 1. The number of amides is 3. The molecule has 0 radical (unpaired) electrons. The van der Waals surface area contributed by atoms with Crippen molar-refractivity contribution in [2.24, 2.45) is 0 Å². The Morgan fingerprint density at radius 3 is 2.68 bits per heavy atom. The van der Waals surface area contributed by atoms with E-state index in [0.717, 1.165) is 18.7 Å². The third kappa shape index (κ3) is 3.74. The summed E-state index contributed by atoms with van der Waals surface area (Å²) >= 11 is 0. The van der Waals surface area contributed by atoms with Crippen molar-refractivity contribution in [3.8, 4) is 0 Å². The summed E-state index contributed by atoms with van der Waals surface area (Å²) in [7, 11) is 0. The van der Waals surface area contributed by atoms with Gasteiger partial charge in [-0.15, -0.1) is 0 Å². The molecule has 6 nitrogen and oxygen atoms in total. The Kier molecular flexibility index (Phi) is 4.43. The van der Waals surface area contributed by atoms with Gasteiger partial charge in [-0.3, -0.25) is 4.79 Å². The van der Waals surface area contributed by atoms with Gasteiger partial charge in [0.2, 0.25) is 5.91 Å². The average Bonchev–Trinajstić information content (AvgIpc) is 2.77. The summed E-state index contributed by atoms with van der Waals surface area (Å²) in [5.41, 5.74) is 0. The first-order chi connectivity index (χ1) is 9.16. The van der Waals surface area contributed by atoms with Crippen LogP contribution in [0.4, 0.5) is 4.79 Å². The molecule has 19 heavy (non-hydrogen) atoms. The lowest BCUT2D eigenvalue weighted by atomic mass is 10.4. The fourth-order valence-corrected chi connectivity index (χ4v) is 2.12. The van der Waals surface area contributed by atoms with Crippen LogP contribution in [-0.4, -0.2) is 47.9 Å². The van der Waals surface area contributed by atoms with Gasteiger partial charge < -0.3 is 19.5 Å². The van der Waals surface area contributed by atoms with E-state index in [0.29, 0.717) is 26.2 Å². The summed E-state index contributed by atoms with van der Waals surface area (Å²) in [5.74, 6) is 0.798. The maximum atomic E-state index is 12.0. The molecule has 3 amide bonds. The van der Waals surface area contributed by atoms with Gasteiger partial charge in [0.25, 0.3) is 0 Å². The van der Waals surface area contributed by atoms with Crippen LogP contribution in [-0.2, 0) is 11.3 Å². The number of carbonyl (C=O) groups excluding carboxylic acids is 2. The van der Waals surface area contributed by atoms with Crippen LogP contribution in [0.5, 0.6) is 0 Å². The number of furan rings is 1. The van der Waals surface area contributed by atoms with E-state index < -0.39 is 0 Å². The molecule has 1 aliphatic rings. The summed E-state index contributed by atoms with van der Waals surface area (Å²) in [6, 6.07) is 3.50. The second kappa shape index (κ2) is 6.26. The van der Waals surface area contributed by atoms with Crippen molar-refractivity contribution in [3.63, 3.8) is 0 Å². The zero-order chi connectivity index (χ0) is 13.7. The van der Waals surface area contributed by atoms with Crippen LogP contribution in [0.15, 0.2) is 22.8 Å². The highest BCUT2D eigenvalue weighted by Gasteiger charge is 2.19. The molecule has 2 rings (SSSR count). The number of hydrogen-bond donors (Lipinski definition) is 1. The van der Waals surface area contributed by atoms with Crippen LogP contribution in [0.25, 0.3) is 0 Å². The zero-order valence-corrected chi connectivity index (χ0v) is 11.1. The van der Waals surface area contributed by atoms with Gasteiger partial charge in [-0.2, -0.15) is 0 Å². The molecular weight excluding hydrogens is 246 g/mol. The third-order valence-corrected chi connectivity index (χ3v) is 3.22. The van der Waals surface area contributed by atoms with E-state index in [9.17, 15) is 9.59 Å². The third-order valence-electron chi connectivity index (χ3n) is 3.22. The second-order valence-electron chi connectivity index (χ2n) is 4.58. The molecular formula is C13H19N3O3. The molecule has 1 N–H and O–H groups in total. The maximum absolute atomic E-state index is 12.0. The predicted molar refractivity (Wildman–Crippen MR) is 69.4 cm³/mol. The van der Waals surface area contributed by atoms with Crippen molar-refractivity contribution in [1.82, 2.24) is 15.1 Å². The fraction of sp³-hybridized carbons (Fsp3) is 0.538. The quantitative estimate of drug-likeness (QED) is 0.869. The van der Waals surface area contributed by atoms with E-state index in [1.165, 1.54) is 0 Å². The van der Waals surface area contributed by atoms with E-state index in [1.807, 2.05) is 6.07 Å². The van der Waals surface area contributed by atoms with Crippen molar-refractivity contribution in [2.75, 3.05) is 26.2 Å². The summed E-state index contributed by atoms with van der Waals surface area (Å²) in [4.78, 5) is 26.8. The zero-order valence-electron chi connectivity index (χ0n) is 11.1. The molecule has 104 valence electrons. The monoisotopic (exact) mass is 265 g/mol. The van der Waals surface area contributed by atoms with E-state index in [-0.39, 0.29) is 11.9 Å². The maximum Gasteiger partial charge on any atom is 0.317 e. The average molecular weight is 265 g/mol. The van der Waals surface area contributed by atoms with Crippen molar-refractivity contribution in [3.05, 3.63) is 24.2 Å². The molecule has 0 unspecified atom stereocenters. The van der Waals surface area contributed by atoms with Crippen molar-refractivity contribution >= 4 is 11.9 Å². The lowest BCUT2D eigenvalue weighted by Crippen LogP contribution is -2.42. The highest BCUT2D eigenvalue weighted by Crippen LogP contribution is 2.05. The van der Waals surface area contributed by atoms with Crippen molar-refractivity contribution in [1.29, 1.82) is 0 Å². The predicted octanol–water partition coefficient (Wildman–Crippen LogP) is 1.04. The molecule has 0 atom stereocenters. The number of hydrogen-bond acceptors (Lipinski definition) is 3. The van der Waals surface area contributed by atoms with Crippen LogP contribution in [0.2, 0.25) is 0 Å². The molecule has 0 spiro atoms. The van der Waals surface area contributed by atoms with Gasteiger partial charge in [-0.1, -0.05) is 0 Å². The minimum Gasteiger partial charge on any atom is -0.467 e. The molecule has 1 fully saturated rings. The van der Waals surface area contributed by atoms with E-state index in [2.05, 4.69) is 5.32 Å². The SMILES string of the molecule is CC(=O)N1CCCN(C(=O)NCc2ccco2)CC1. The van der Waals surface area contributed by atoms with Gasteiger partial charge in [0.05, 0.1) is 12.8 Å². The molecule has 0 bridgehead atoms.